The van der Waals surface area contributed by atoms with Crippen LogP contribution in [0, 0.1) is 0 Å². The number of hydrogen-bond donors (Lipinski definition) is 0. The van der Waals surface area contributed by atoms with Gasteiger partial charge in [-0.15, -0.1) is 11.3 Å². The minimum atomic E-state index is 0.859. The molecule has 7 aromatic carbocycles. The van der Waals surface area contributed by atoms with Gasteiger partial charge in [0, 0.05) is 42.0 Å². The molecule has 10 rings (SSSR count). The molecule has 0 atom stereocenters. The highest BCUT2D eigenvalue weighted by Crippen LogP contribution is 2.51. The Kier molecular flexibility index (Phi) is 4.87. The number of rotatable bonds is 3. The van der Waals surface area contributed by atoms with E-state index in [4.69, 9.17) is 8.83 Å². The standard InChI is InChI=1S/C40H23NO2S/c1-2-11-25-22-26(21-20-24(25)10-1)41(31-15-9-18-35-37(31)28-13-3-6-16-33(28)42-35)32-23-30-27-12-5-8-19-36(27)44-40(30)38-29-14-4-7-17-34(29)43-39(32)38/h1-23H. The Balaban J connectivity index is 1.40. The first-order valence-corrected chi connectivity index (χ1v) is 15.6. The van der Waals surface area contributed by atoms with Gasteiger partial charge in [-0.2, -0.15) is 0 Å². The first-order chi connectivity index (χ1) is 21.8. The highest BCUT2D eigenvalue weighted by molar-refractivity contribution is 7.26. The second kappa shape index (κ2) is 8.96. The van der Waals surface area contributed by atoms with Gasteiger partial charge < -0.3 is 13.7 Å². The van der Waals surface area contributed by atoms with Crippen molar-refractivity contribution in [1.29, 1.82) is 0 Å². The monoisotopic (exact) mass is 581 g/mol. The van der Waals surface area contributed by atoms with E-state index in [2.05, 4.69) is 126 Å². The molecule has 10 aromatic rings. The molecular weight excluding hydrogens is 559 g/mol. The van der Waals surface area contributed by atoms with Gasteiger partial charge in [0.2, 0.25) is 0 Å². The van der Waals surface area contributed by atoms with E-state index in [1.54, 1.807) is 0 Å². The molecule has 0 fully saturated rings. The van der Waals surface area contributed by atoms with Crippen LogP contribution in [0.3, 0.4) is 0 Å². The number of hydrogen-bond acceptors (Lipinski definition) is 4. The topological polar surface area (TPSA) is 29.5 Å². The van der Waals surface area contributed by atoms with Crippen LogP contribution in [0.5, 0.6) is 0 Å². The summed E-state index contributed by atoms with van der Waals surface area (Å²) in [4.78, 5) is 2.37. The van der Waals surface area contributed by atoms with Crippen molar-refractivity contribution in [2.75, 3.05) is 4.90 Å². The van der Waals surface area contributed by atoms with Crippen molar-refractivity contribution >= 4 is 103 Å². The summed E-state index contributed by atoms with van der Waals surface area (Å²) in [5, 5.41) is 9.33. The van der Waals surface area contributed by atoms with Crippen molar-refractivity contribution in [3.05, 3.63) is 140 Å². The molecule has 44 heavy (non-hydrogen) atoms. The SMILES string of the molecule is c1ccc2cc(N(c3cc4c5ccccc5sc4c4c3oc3ccccc34)c3cccc4oc5ccccc5c34)ccc2c1. The van der Waals surface area contributed by atoms with Gasteiger partial charge in [0.25, 0.3) is 0 Å². The van der Waals surface area contributed by atoms with Crippen LogP contribution in [0.15, 0.2) is 148 Å². The first kappa shape index (κ1) is 23.9. The number of furan rings is 2. The summed E-state index contributed by atoms with van der Waals surface area (Å²) < 4.78 is 15.7. The van der Waals surface area contributed by atoms with E-state index >= 15 is 0 Å². The van der Waals surface area contributed by atoms with Crippen molar-refractivity contribution in [3.63, 3.8) is 0 Å². The van der Waals surface area contributed by atoms with E-state index in [9.17, 15) is 0 Å². The lowest BCUT2D eigenvalue weighted by Gasteiger charge is -2.27. The van der Waals surface area contributed by atoms with Gasteiger partial charge in [0.15, 0.2) is 5.58 Å². The summed E-state index contributed by atoms with van der Waals surface area (Å²) in [6, 6.07) is 49.3. The van der Waals surface area contributed by atoms with Crippen LogP contribution in [0.2, 0.25) is 0 Å². The van der Waals surface area contributed by atoms with E-state index in [-0.39, 0.29) is 0 Å². The molecule has 0 radical (unpaired) electrons. The molecule has 0 aliphatic carbocycles. The smallest absolute Gasteiger partial charge is 0.160 e. The summed E-state index contributed by atoms with van der Waals surface area (Å²) in [6.07, 6.45) is 0. The fourth-order valence-corrected chi connectivity index (χ4v) is 8.12. The largest absolute Gasteiger partial charge is 0.456 e. The summed E-state index contributed by atoms with van der Waals surface area (Å²) in [7, 11) is 0. The van der Waals surface area contributed by atoms with Crippen LogP contribution in [-0.4, -0.2) is 0 Å². The highest BCUT2D eigenvalue weighted by atomic mass is 32.1. The number of thiophene rings is 1. The number of fused-ring (bicyclic) bond motifs is 11. The molecule has 0 spiro atoms. The van der Waals surface area contributed by atoms with Crippen molar-refractivity contribution < 1.29 is 8.83 Å². The lowest BCUT2D eigenvalue weighted by Crippen LogP contribution is -2.10. The molecule has 0 bridgehead atoms. The highest BCUT2D eigenvalue weighted by Gasteiger charge is 2.26. The fourth-order valence-electron chi connectivity index (χ4n) is 6.88. The molecular formula is C40H23NO2S. The quantitative estimate of drug-likeness (QED) is 0.208. The molecule has 0 saturated carbocycles. The Morgan fingerprint density at radius 2 is 1.14 bits per heavy atom. The Morgan fingerprint density at radius 1 is 0.455 bits per heavy atom. The minimum Gasteiger partial charge on any atom is -0.456 e. The Labute approximate surface area is 255 Å². The van der Waals surface area contributed by atoms with Crippen LogP contribution >= 0.6 is 11.3 Å². The van der Waals surface area contributed by atoms with Crippen molar-refractivity contribution in [1.82, 2.24) is 0 Å². The van der Waals surface area contributed by atoms with E-state index in [0.29, 0.717) is 0 Å². The van der Waals surface area contributed by atoms with E-state index in [1.165, 1.54) is 30.9 Å². The number of anilines is 3. The summed E-state index contributed by atoms with van der Waals surface area (Å²) in [5.41, 5.74) is 6.60. The van der Waals surface area contributed by atoms with Crippen molar-refractivity contribution in [3.8, 4) is 0 Å². The number of benzene rings is 7. The molecule has 206 valence electrons. The second-order valence-electron chi connectivity index (χ2n) is 11.3. The summed E-state index contributed by atoms with van der Waals surface area (Å²) >= 11 is 1.84. The van der Waals surface area contributed by atoms with Gasteiger partial charge in [0.1, 0.15) is 16.7 Å². The fraction of sp³-hybridized carbons (Fsp3) is 0. The normalized spacial score (nSPS) is 12.1. The van der Waals surface area contributed by atoms with Gasteiger partial charge in [-0.1, -0.05) is 91.0 Å². The lowest BCUT2D eigenvalue weighted by molar-refractivity contribution is 0.668. The van der Waals surface area contributed by atoms with E-state index in [1.807, 2.05) is 29.5 Å². The molecule has 0 aliphatic rings. The Morgan fingerprint density at radius 3 is 2.00 bits per heavy atom. The maximum Gasteiger partial charge on any atom is 0.160 e. The Bertz CT molecular complexity index is 2750. The van der Waals surface area contributed by atoms with Crippen molar-refractivity contribution in [2.24, 2.45) is 0 Å². The molecule has 0 amide bonds. The average Bonchev–Trinajstić information content (AvgIpc) is 3.76. The second-order valence-corrected chi connectivity index (χ2v) is 12.3. The van der Waals surface area contributed by atoms with Crippen LogP contribution in [-0.2, 0) is 0 Å². The lowest BCUT2D eigenvalue weighted by atomic mass is 10.0. The predicted molar refractivity (Wildman–Crippen MR) is 186 cm³/mol. The van der Waals surface area contributed by atoms with Gasteiger partial charge in [-0.05, 0) is 59.3 Å². The summed E-state index contributed by atoms with van der Waals surface area (Å²) in [6.45, 7) is 0. The molecule has 0 N–H and O–H groups in total. The molecule has 0 saturated heterocycles. The van der Waals surface area contributed by atoms with Gasteiger partial charge in [0.05, 0.1) is 16.8 Å². The van der Waals surface area contributed by atoms with Gasteiger partial charge >= 0.3 is 0 Å². The predicted octanol–water partition coefficient (Wildman–Crippen LogP) is 12.5. The number of para-hydroxylation sites is 2. The molecule has 3 nitrogen and oxygen atoms in total. The average molecular weight is 582 g/mol. The van der Waals surface area contributed by atoms with E-state index < -0.39 is 0 Å². The maximum atomic E-state index is 6.82. The molecule has 3 heterocycles. The van der Waals surface area contributed by atoms with Crippen molar-refractivity contribution in [2.45, 2.75) is 0 Å². The van der Waals surface area contributed by atoms with Crippen LogP contribution in [0.4, 0.5) is 17.1 Å². The third-order valence-electron chi connectivity index (χ3n) is 8.82. The minimum absolute atomic E-state index is 0.859. The zero-order valence-corrected chi connectivity index (χ0v) is 24.3. The zero-order valence-electron chi connectivity index (χ0n) is 23.5. The zero-order chi connectivity index (χ0) is 28.8. The Hall–Kier alpha value is -5.58. The summed E-state index contributed by atoms with van der Waals surface area (Å²) in [5.74, 6) is 0. The van der Waals surface area contributed by atoms with E-state index in [0.717, 1.165) is 60.9 Å². The molecule has 0 unspecified atom stereocenters. The maximum absolute atomic E-state index is 6.82. The molecule has 4 heteroatoms. The molecule has 0 aliphatic heterocycles. The van der Waals surface area contributed by atoms with Gasteiger partial charge in [-0.3, -0.25) is 0 Å². The van der Waals surface area contributed by atoms with Crippen LogP contribution < -0.4 is 4.90 Å². The van der Waals surface area contributed by atoms with Crippen LogP contribution in [0.25, 0.3) is 74.8 Å². The third-order valence-corrected chi connectivity index (χ3v) is 10.0. The molecule has 3 aromatic heterocycles. The first-order valence-electron chi connectivity index (χ1n) is 14.8. The van der Waals surface area contributed by atoms with Crippen LogP contribution in [0.1, 0.15) is 0 Å². The third kappa shape index (κ3) is 3.31. The number of nitrogens with zero attached hydrogens (tertiary/aromatic N) is 1. The van der Waals surface area contributed by atoms with Gasteiger partial charge in [-0.25, -0.2) is 0 Å².